The van der Waals surface area contributed by atoms with Crippen LogP contribution in [0.4, 0.5) is 0 Å². The predicted octanol–water partition coefficient (Wildman–Crippen LogP) is 10.5. The lowest BCUT2D eigenvalue weighted by Gasteiger charge is -2.28. The number of rotatable bonds is 18. The predicted molar refractivity (Wildman–Crippen MR) is 180 cm³/mol. The molecule has 2 rings (SSSR count). The van der Waals surface area contributed by atoms with Crippen molar-refractivity contribution in [1.82, 2.24) is 0 Å². The molecule has 0 aliphatic heterocycles. The van der Waals surface area contributed by atoms with Crippen molar-refractivity contribution < 1.29 is 20.1 Å². The van der Waals surface area contributed by atoms with E-state index in [1.165, 1.54) is 64.2 Å². The Morgan fingerprint density at radius 2 is 1.19 bits per heavy atom. The van der Waals surface area contributed by atoms with Crippen LogP contribution in [0.2, 0.25) is 0 Å². The molecule has 0 amide bonds. The molecule has 4 nitrogen and oxygen atoms in total. The van der Waals surface area contributed by atoms with Crippen molar-refractivity contribution >= 4 is 17.7 Å². The monoisotopic (exact) mass is 598 g/mol. The number of aryl methyl sites for hydroxylation is 1. The first kappa shape index (κ1) is 36.1. The molecule has 2 aromatic carbocycles. The van der Waals surface area contributed by atoms with Crippen LogP contribution in [0.5, 0.6) is 11.5 Å². The number of phenols is 2. The zero-order valence-electron chi connectivity index (χ0n) is 27.6. The van der Waals surface area contributed by atoms with E-state index in [0.29, 0.717) is 30.1 Å². The van der Waals surface area contributed by atoms with Gasteiger partial charge in [-0.25, -0.2) is 0 Å². The van der Waals surface area contributed by atoms with Crippen molar-refractivity contribution in [1.29, 1.82) is 0 Å². The summed E-state index contributed by atoms with van der Waals surface area (Å²) in [5.41, 5.74) is 5.03. The summed E-state index contributed by atoms with van der Waals surface area (Å²) in [6, 6.07) is 8.08. The molecular weight excluding hydrogens is 540 g/mol. The second-order valence-electron chi connectivity index (χ2n) is 14.1. The highest BCUT2D eigenvalue weighted by Crippen LogP contribution is 2.41. The summed E-state index contributed by atoms with van der Waals surface area (Å²) < 4.78 is 0. The molecule has 0 saturated heterocycles. The van der Waals surface area contributed by atoms with Crippen molar-refractivity contribution in [2.24, 2.45) is 0 Å². The number of hydrogen-bond donors (Lipinski definition) is 3. The molecule has 0 bridgehead atoms. The Balaban J connectivity index is 2.13. The second kappa shape index (κ2) is 17.2. The Kier molecular flexibility index (Phi) is 14.8. The molecule has 2 aromatic rings. The first-order valence-corrected chi connectivity index (χ1v) is 17.4. The fourth-order valence-corrected chi connectivity index (χ4v) is 6.50. The lowest BCUT2D eigenvalue weighted by Crippen LogP contribution is -2.18. The summed E-state index contributed by atoms with van der Waals surface area (Å²) in [4.78, 5) is 11.3. The largest absolute Gasteiger partial charge is 0.507 e. The van der Waals surface area contributed by atoms with Crippen molar-refractivity contribution in [2.75, 3.05) is 5.75 Å². The first-order valence-electron chi connectivity index (χ1n) is 16.2. The van der Waals surface area contributed by atoms with E-state index in [4.69, 9.17) is 0 Å². The van der Waals surface area contributed by atoms with Crippen LogP contribution in [0.15, 0.2) is 24.3 Å². The van der Waals surface area contributed by atoms with E-state index < -0.39 is 5.97 Å². The molecule has 3 N–H and O–H groups in total. The lowest BCUT2D eigenvalue weighted by atomic mass is 9.78. The quantitative estimate of drug-likeness (QED) is 0.149. The molecule has 0 aliphatic rings. The molecule has 0 radical (unpaired) electrons. The van der Waals surface area contributed by atoms with Gasteiger partial charge >= 0.3 is 5.97 Å². The molecule has 42 heavy (non-hydrogen) atoms. The number of aliphatic carboxylic acids is 1. The van der Waals surface area contributed by atoms with Crippen LogP contribution in [0.25, 0.3) is 0 Å². The standard InChI is InChI=1S/C37H58O4S/c1-8-9-10-11-12-13-14-15-16-17-20-42-26-30-22-27(18-19-33(38)39)21-29(34(30)40)23-28-24-31(36(2,3)4)35(41)32(25-28)37(5,6)7/h21-22,24-25,40-41H,8-20,23,26H2,1-7H3,(H,38,39). The zero-order valence-corrected chi connectivity index (χ0v) is 28.4. The maximum absolute atomic E-state index is 11.4. The van der Waals surface area contributed by atoms with Gasteiger partial charge in [0.05, 0.1) is 0 Å². The zero-order chi connectivity index (χ0) is 31.3. The Bertz CT molecular complexity index is 1090. The Morgan fingerprint density at radius 1 is 0.690 bits per heavy atom. The lowest BCUT2D eigenvalue weighted by molar-refractivity contribution is -0.136. The molecule has 0 fully saturated rings. The van der Waals surface area contributed by atoms with Gasteiger partial charge in [-0.05, 0) is 57.2 Å². The van der Waals surface area contributed by atoms with Crippen molar-refractivity contribution in [3.8, 4) is 11.5 Å². The Hall–Kier alpha value is -2.14. The third-order valence-electron chi connectivity index (χ3n) is 8.04. The Morgan fingerprint density at radius 3 is 1.69 bits per heavy atom. The van der Waals surface area contributed by atoms with Crippen molar-refractivity contribution in [2.45, 2.75) is 149 Å². The minimum Gasteiger partial charge on any atom is -0.507 e. The smallest absolute Gasteiger partial charge is 0.303 e. The number of carboxylic acid groups (broad SMARTS) is 1. The van der Waals surface area contributed by atoms with Gasteiger partial charge in [0, 0.05) is 24.2 Å². The highest BCUT2D eigenvalue weighted by atomic mass is 32.2. The van der Waals surface area contributed by atoms with Gasteiger partial charge in [0.2, 0.25) is 0 Å². The highest BCUT2D eigenvalue weighted by molar-refractivity contribution is 7.98. The van der Waals surface area contributed by atoms with E-state index in [1.807, 2.05) is 23.9 Å². The number of unbranched alkanes of at least 4 members (excludes halogenated alkanes) is 9. The van der Waals surface area contributed by atoms with Crippen LogP contribution in [-0.2, 0) is 34.2 Å². The SMILES string of the molecule is CCCCCCCCCCCCSCc1cc(CCC(=O)O)cc(Cc2cc(C(C)(C)C)c(O)c(C(C)(C)C)c2)c1O. The molecule has 236 valence electrons. The van der Waals surface area contributed by atoms with Crippen molar-refractivity contribution in [3.63, 3.8) is 0 Å². The van der Waals surface area contributed by atoms with Crippen LogP contribution >= 0.6 is 11.8 Å². The molecule has 0 unspecified atom stereocenters. The van der Waals surface area contributed by atoms with Gasteiger partial charge in [-0.15, -0.1) is 0 Å². The summed E-state index contributed by atoms with van der Waals surface area (Å²) in [6.45, 7) is 14.9. The summed E-state index contributed by atoms with van der Waals surface area (Å²) in [7, 11) is 0. The molecule has 0 spiro atoms. The first-order chi connectivity index (χ1) is 19.7. The highest BCUT2D eigenvalue weighted by Gasteiger charge is 2.27. The number of carbonyl (C=O) groups is 1. The molecule has 0 atom stereocenters. The number of hydrogen-bond acceptors (Lipinski definition) is 4. The van der Waals surface area contributed by atoms with Gasteiger partial charge in [0.15, 0.2) is 0 Å². The van der Waals surface area contributed by atoms with Gasteiger partial charge < -0.3 is 15.3 Å². The number of carboxylic acids is 1. The third-order valence-corrected chi connectivity index (χ3v) is 9.13. The summed E-state index contributed by atoms with van der Waals surface area (Å²) in [5.74, 6) is 1.62. The topological polar surface area (TPSA) is 77.8 Å². The molecule has 0 aromatic heterocycles. The summed E-state index contributed by atoms with van der Waals surface area (Å²) in [6.07, 6.45) is 14.2. The van der Waals surface area contributed by atoms with Crippen LogP contribution in [0, 0.1) is 0 Å². The molecular formula is C37H58O4S. The van der Waals surface area contributed by atoms with Gasteiger partial charge in [0.1, 0.15) is 11.5 Å². The van der Waals surface area contributed by atoms with E-state index in [0.717, 1.165) is 39.1 Å². The summed E-state index contributed by atoms with van der Waals surface area (Å²) >= 11 is 1.85. The maximum atomic E-state index is 11.4. The minimum absolute atomic E-state index is 0.0664. The van der Waals surface area contributed by atoms with E-state index in [-0.39, 0.29) is 17.3 Å². The number of benzene rings is 2. The normalized spacial score (nSPS) is 12.2. The van der Waals surface area contributed by atoms with Crippen molar-refractivity contribution in [3.05, 3.63) is 57.6 Å². The third kappa shape index (κ3) is 12.2. The number of aromatic hydroxyl groups is 2. The van der Waals surface area contributed by atoms with E-state index in [1.54, 1.807) is 0 Å². The fraction of sp³-hybridized carbons (Fsp3) is 0.649. The van der Waals surface area contributed by atoms with Gasteiger partial charge in [0.25, 0.3) is 0 Å². The average molecular weight is 599 g/mol. The maximum Gasteiger partial charge on any atom is 0.303 e. The second-order valence-corrected chi connectivity index (χ2v) is 15.2. The fourth-order valence-electron chi connectivity index (χ4n) is 5.51. The molecule has 0 heterocycles. The molecule has 0 aliphatic carbocycles. The van der Waals surface area contributed by atoms with E-state index in [9.17, 15) is 20.1 Å². The average Bonchev–Trinajstić information content (AvgIpc) is 2.89. The van der Waals surface area contributed by atoms with Gasteiger partial charge in [-0.2, -0.15) is 11.8 Å². The van der Waals surface area contributed by atoms with Crippen LogP contribution in [-0.4, -0.2) is 27.0 Å². The molecule has 0 saturated carbocycles. The number of thioether (sulfide) groups is 1. The van der Waals surface area contributed by atoms with Gasteiger partial charge in [-0.1, -0.05) is 131 Å². The summed E-state index contributed by atoms with van der Waals surface area (Å²) in [5, 5.41) is 31.8. The van der Waals surface area contributed by atoms with Crippen LogP contribution in [0.3, 0.4) is 0 Å². The van der Waals surface area contributed by atoms with E-state index in [2.05, 4.69) is 60.6 Å². The van der Waals surface area contributed by atoms with Crippen LogP contribution in [0.1, 0.15) is 152 Å². The van der Waals surface area contributed by atoms with Crippen LogP contribution < -0.4 is 0 Å². The minimum atomic E-state index is -0.815. The molecule has 5 heteroatoms. The Labute approximate surface area is 260 Å². The van der Waals surface area contributed by atoms with Gasteiger partial charge in [-0.3, -0.25) is 4.79 Å². The number of phenolic OH excluding ortho intramolecular Hbond substituents is 2. The van der Waals surface area contributed by atoms with E-state index >= 15 is 0 Å².